The van der Waals surface area contributed by atoms with Crippen molar-refractivity contribution in [3.05, 3.63) is 16.1 Å². The van der Waals surface area contributed by atoms with Gasteiger partial charge in [-0.05, 0) is 6.42 Å². The van der Waals surface area contributed by atoms with Gasteiger partial charge in [-0.1, -0.05) is 20.8 Å². The van der Waals surface area contributed by atoms with E-state index in [4.69, 9.17) is 5.73 Å². The van der Waals surface area contributed by atoms with Crippen molar-refractivity contribution in [1.82, 2.24) is 4.98 Å². The summed E-state index contributed by atoms with van der Waals surface area (Å²) in [5, 5.41) is 12.6. The molecule has 1 aliphatic rings. The van der Waals surface area contributed by atoms with Gasteiger partial charge in [-0.2, -0.15) is 0 Å². The average molecular weight is 240 g/mol. The highest BCUT2D eigenvalue weighted by Crippen LogP contribution is 2.58. The van der Waals surface area contributed by atoms with E-state index in [1.165, 1.54) is 5.01 Å². The van der Waals surface area contributed by atoms with Gasteiger partial charge in [-0.3, -0.25) is 0 Å². The van der Waals surface area contributed by atoms with Crippen LogP contribution in [0.3, 0.4) is 0 Å². The van der Waals surface area contributed by atoms with Crippen LogP contribution in [-0.2, 0) is 5.41 Å². The average Bonchev–Trinajstić information content (AvgIpc) is 2.73. The Balaban J connectivity index is 2.16. The Labute approximate surface area is 101 Å². The Kier molecular flexibility index (Phi) is 2.85. The molecule has 0 spiro atoms. The van der Waals surface area contributed by atoms with Crippen molar-refractivity contribution < 1.29 is 5.11 Å². The maximum absolute atomic E-state index is 9.35. The van der Waals surface area contributed by atoms with Crippen LogP contribution in [0, 0.1) is 5.41 Å². The highest BCUT2D eigenvalue weighted by Gasteiger charge is 2.54. The number of nitrogens with two attached hydrogens (primary N) is 1. The molecule has 2 rings (SSSR count). The number of thiazole rings is 1. The number of aliphatic hydroxyl groups excluding tert-OH is 1. The van der Waals surface area contributed by atoms with Gasteiger partial charge < -0.3 is 10.8 Å². The summed E-state index contributed by atoms with van der Waals surface area (Å²) >= 11 is 1.71. The molecule has 0 amide bonds. The van der Waals surface area contributed by atoms with E-state index in [2.05, 4.69) is 31.1 Å². The maximum Gasteiger partial charge on any atom is 0.0981 e. The van der Waals surface area contributed by atoms with E-state index in [9.17, 15) is 5.11 Å². The molecule has 4 heteroatoms. The Bertz CT molecular complexity index is 377. The van der Waals surface area contributed by atoms with Gasteiger partial charge in [0.05, 0.1) is 17.3 Å². The number of rotatable bonds is 3. The smallest absolute Gasteiger partial charge is 0.0981 e. The summed E-state index contributed by atoms with van der Waals surface area (Å²) in [7, 11) is 0. The third-order valence-electron chi connectivity index (χ3n) is 3.43. The second-order valence-electron chi connectivity index (χ2n) is 5.81. The van der Waals surface area contributed by atoms with E-state index in [1.54, 1.807) is 11.3 Å². The van der Waals surface area contributed by atoms with Crippen LogP contribution >= 0.6 is 11.3 Å². The van der Waals surface area contributed by atoms with Gasteiger partial charge in [-0.15, -0.1) is 11.3 Å². The molecular formula is C12H20N2OS. The molecule has 0 radical (unpaired) electrons. The van der Waals surface area contributed by atoms with E-state index in [1.807, 2.05) is 0 Å². The molecule has 1 aromatic rings. The fourth-order valence-corrected chi connectivity index (χ4v) is 2.98. The zero-order valence-electron chi connectivity index (χ0n) is 10.2. The first-order chi connectivity index (χ1) is 7.43. The van der Waals surface area contributed by atoms with Gasteiger partial charge in [0.15, 0.2) is 0 Å². The summed E-state index contributed by atoms with van der Waals surface area (Å²) in [6.07, 6.45) is 0.979. The Hall–Kier alpha value is -0.450. The number of aliphatic hydroxyl groups is 1. The summed E-state index contributed by atoms with van der Waals surface area (Å²) in [4.78, 5) is 4.69. The van der Waals surface area contributed by atoms with Crippen molar-refractivity contribution in [2.75, 3.05) is 13.2 Å². The summed E-state index contributed by atoms with van der Waals surface area (Å²) in [6.45, 7) is 7.24. The summed E-state index contributed by atoms with van der Waals surface area (Å²) in [5.74, 6) is 0.370. The van der Waals surface area contributed by atoms with E-state index in [-0.39, 0.29) is 17.4 Å². The minimum atomic E-state index is -0.0801. The van der Waals surface area contributed by atoms with Crippen LogP contribution in [0.1, 0.15) is 43.8 Å². The van der Waals surface area contributed by atoms with Crippen LogP contribution in [-0.4, -0.2) is 23.2 Å². The molecule has 3 nitrogen and oxygen atoms in total. The molecule has 0 saturated heterocycles. The molecule has 1 aromatic heterocycles. The molecule has 2 atom stereocenters. The molecule has 1 saturated carbocycles. The van der Waals surface area contributed by atoms with Crippen LogP contribution in [0.2, 0.25) is 0 Å². The van der Waals surface area contributed by atoms with Crippen molar-refractivity contribution in [1.29, 1.82) is 0 Å². The fraction of sp³-hybridized carbons (Fsp3) is 0.750. The van der Waals surface area contributed by atoms with E-state index < -0.39 is 0 Å². The number of aromatic nitrogens is 1. The van der Waals surface area contributed by atoms with Crippen LogP contribution < -0.4 is 5.73 Å². The predicted molar refractivity (Wildman–Crippen MR) is 66.7 cm³/mol. The Morgan fingerprint density at radius 1 is 1.62 bits per heavy atom. The van der Waals surface area contributed by atoms with Gasteiger partial charge in [0.25, 0.3) is 0 Å². The molecule has 90 valence electrons. The van der Waals surface area contributed by atoms with Gasteiger partial charge in [0.2, 0.25) is 0 Å². The van der Waals surface area contributed by atoms with Gasteiger partial charge in [-0.25, -0.2) is 4.98 Å². The summed E-state index contributed by atoms with van der Waals surface area (Å²) < 4.78 is 0. The van der Waals surface area contributed by atoms with Crippen molar-refractivity contribution in [3.63, 3.8) is 0 Å². The number of hydrogen-bond donors (Lipinski definition) is 2. The molecule has 1 fully saturated rings. The van der Waals surface area contributed by atoms with Crippen LogP contribution in [0.15, 0.2) is 5.38 Å². The molecule has 1 aliphatic carbocycles. The first kappa shape index (κ1) is 12.0. The number of hydrogen-bond acceptors (Lipinski definition) is 4. The molecule has 1 heterocycles. The molecule has 0 aromatic carbocycles. The second kappa shape index (κ2) is 3.79. The largest absolute Gasteiger partial charge is 0.396 e. The molecule has 0 bridgehead atoms. The Morgan fingerprint density at radius 3 is 2.69 bits per heavy atom. The van der Waals surface area contributed by atoms with Crippen LogP contribution in [0.25, 0.3) is 0 Å². The molecule has 3 N–H and O–H groups in total. The first-order valence-corrected chi connectivity index (χ1v) is 6.58. The quantitative estimate of drug-likeness (QED) is 0.848. The third kappa shape index (κ3) is 1.90. The van der Waals surface area contributed by atoms with Crippen LogP contribution in [0.4, 0.5) is 0 Å². The van der Waals surface area contributed by atoms with E-state index >= 15 is 0 Å². The Morgan fingerprint density at radius 2 is 2.31 bits per heavy atom. The van der Waals surface area contributed by atoms with Crippen molar-refractivity contribution in [2.24, 2.45) is 11.1 Å². The summed E-state index contributed by atoms with van der Waals surface area (Å²) in [6, 6.07) is 0. The lowest BCUT2D eigenvalue weighted by Crippen LogP contribution is -2.21. The topological polar surface area (TPSA) is 59.1 Å². The predicted octanol–water partition coefficient (Wildman–Crippen LogP) is 1.87. The van der Waals surface area contributed by atoms with Crippen molar-refractivity contribution >= 4 is 11.3 Å². The van der Waals surface area contributed by atoms with Gasteiger partial charge in [0, 0.05) is 28.7 Å². The van der Waals surface area contributed by atoms with E-state index in [0.29, 0.717) is 12.5 Å². The normalized spacial score (nSPS) is 29.4. The summed E-state index contributed by atoms with van der Waals surface area (Å²) in [5.41, 5.74) is 6.87. The zero-order chi connectivity index (χ0) is 12.0. The highest BCUT2D eigenvalue weighted by molar-refractivity contribution is 7.09. The maximum atomic E-state index is 9.35. The zero-order valence-corrected chi connectivity index (χ0v) is 11.0. The van der Waals surface area contributed by atoms with Gasteiger partial charge in [0.1, 0.15) is 0 Å². The monoisotopic (exact) mass is 240 g/mol. The standard InChI is InChI=1S/C12H20N2OS/c1-11(2,3)10-14-9(5-16-10)8-4-12(8,6-13)7-15/h5,8,15H,4,6-7,13H2,1-3H3. The number of nitrogens with zero attached hydrogens (tertiary/aromatic N) is 1. The fourth-order valence-electron chi connectivity index (χ4n) is 2.02. The highest BCUT2D eigenvalue weighted by atomic mass is 32.1. The minimum Gasteiger partial charge on any atom is -0.396 e. The SMILES string of the molecule is CC(C)(C)c1nc(C2CC2(CN)CO)cs1. The molecule has 0 aliphatic heterocycles. The van der Waals surface area contributed by atoms with Crippen molar-refractivity contribution in [2.45, 2.75) is 38.5 Å². The van der Waals surface area contributed by atoms with Gasteiger partial charge >= 0.3 is 0 Å². The lowest BCUT2D eigenvalue weighted by atomic mass is 9.98. The lowest BCUT2D eigenvalue weighted by molar-refractivity contribution is 0.211. The van der Waals surface area contributed by atoms with Crippen molar-refractivity contribution in [3.8, 4) is 0 Å². The first-order valence-electron chi connectivity index (χ1n) is 5.70. The lowest BCUT2D eigenvalue weighted by Gasteiger charge is -2.14. The molecule has 16 heavy (non-hydrogen) atoms. The third-order valence-corrected chi connectivity index (χ3v) is 4.72. The van der Waals surface area contributed by atoms with Crippen LogP contribution in [0.5, 0.6) is 0 Å². The van der Waals surface area contributed by atoms with E-state index in [0.717, 1.165) is 12.1 Å². The molecule has 2 unspecified atom stereocenters. The molecular weight excluding hydrogens is 220 g/mol. The second-order valence-corrected chi connectivity index (χ2v) is 6.67. The minimum absolute atomic E-state index is 0.0801.